The molecule has 158 valence electrons. The van der Waals surface area contributed by atoms with Crippen molar-refractivity contribution in [2.75, 3.05) is 38.2 Å². The van der Waals surface area contributed by atoms with Crippen LogP contribution in [-0.2, 0) is 0 Å². The fourth-order valence-electron chi connectivity index (χ4n) is 4.13. The van der Waals surface area contributed by atoms with Gasteiger partial charge in [-0.1, -0.05) is 42.0 Å². The second-order valence-corrected chi connectivity index (χ2v) is 8.08. The van der Waals surface area contributed by atoms with Crippen molar-refractivity contribution >= 4 is 5.69 Å². The van der Waals surface area contributed by atoms with Gasteiger partial charge in [-0.25, -0.2) is 4.68 Å². The molecule has 7 nitrogen and oxygen atoms in total. The van der Waals surface area contributed by atoms with E-state index in [4.69, 9.17) is 4.74 Å². The number of benzene rings is 2. The predicted octanol–water partition coefficient (Wildman–Crippen LogP) is 3.48. The van der Waals surface area contributed by atoms with Gasteiger partial charge in [0.25, 0.3) is 0 Å². The third kappa shape index (κ3) is 4.03. The molecule has 2 heterocycles. The molecule has 0 radical (unpaired) electrons. The van der Waals surface area contributed by atoms with E-state index in [9.17, 15) is 0 Å². The molecule has 0 N–H and O–H groups in total. The fourth-order valence-corrected chi connectivity index (χ4v) is 4.13. The van der Waals surface area contributed by atoms with Crippen molar-refractivity contribution in [3.63, 3.8) is 0 Å². The molecule has 2 aromatic carbocycles. The molecule has 0 spiro atoms. The minimum Gasteiger partial charge on any atom is -0.495 e. The lowest BCUT2D eigenvalue weighted by molar-refractivity contribution is 0.198. The molecule has 1 atom stereocenters. The average Bonchev–Trinajstić information content (AvgIpc) is 3.25. The van der Waals surface area contributed by atoms with E-state index >= 15 is 0 Å². The monoisotopic (exact) mass is 406 g/mol. The number of tetrazole rings is 1. The largest absolute Gasteiger partial charge is 0.495 e. The van der Waals surface area contributed by atoms with Crippen LogP contribution in [0, 0.1) is 6.92 Å². The fraction of sp³-hybridized carbons (Fsp3) is 0.435. The Hall–Kier alpha value is -2.93. The molecule has 1 fully saturated rings. The van der Waals surface area contributed by atoms with Crippen LogP contribution in [0.2, 0.25) is 0 Å². The van der Waals surface area contributed by atoms with Crippen molar-refractivity contribution in [2.45, 2.75) is 32.9 Å². The number of para-hydroxylation sites is 2. The van der Waals surface area contributed by atoms with Gasteiger partial charge in [0, 0.05) is 26.2 Å². The summed E-state index contributed by atoms with van der Waals surface area (Å²) in [6, 6.07) is 17.2. The number of aromatic nitrogens is 4. The first-order chi connectivity index (χ1) is 14.6. The van der Waals surface area contributed by atoms with Crippen LogP contribution in [0.5, 0.6) is 5.75 Å². The number of rotatable bonds is 6. The molecule has 4 rings (SSSR count). The highest BCUT2D eigenvalue weighted by atomic mass is 16.5. The lowest BCUT2D eigenvalue weighted by Crippen LogP contribution is -2.48. The zero-order valence-electron chi connectivity index (χ0n) is 18.2. The lowest BCUT2D eigenvalue weighted by atomic mass is 10.0. The minimum absolute atomic E-state index is 0.0304. The summed E-state index contributed by atoms with van der Waals surface area (Å²) in [6.07, 6.45) is 0. The molecule has 30 heavy (non-hydrogen) atoms. The van der Waals surface area contributed by atoms with Crippen LogP contribution in [-0.4, -0.2) is 58.4 Å². The zero-order chi connectivity index (χ0) is 21.1. The Kier molecular flexibility index (Phi) is 5.99. The number of hydrogen-bond acceptors (Lipinski definition) is 6. The molecule has 3 aromatic rings. The molecular weight excluding hydrogens is 376 g/mol. The molecule has 1 aliphatic rings. The SMILES string of the molecule is COc1ccccc1N1CCN([C@H](c2ccc(C)cc2)c2nnnn2C(C)C)CC1. The van der Waals surface area contributed by atoms with Crippen LogP contribution in [0.3, 0.4) is 0 Å². The van der Waals surface area contributed by atoms with Crippen LogP contribution >= 0.6 is 0 Å². The molecule has 0 unspecified atom stereocenters. The standard InChI is InChI=1S/C23H30N6O/c1-17(2)29-23(24-25-26-29)22(19-11-9-18(3)10-12-19)28-15-13-27(14-16-28)20-7-5-6-8-21(20)30-4/h5-12,17,22H,13-16H2,1-4H3/t22-/m1/s1. The summed E-state index contributed by atoms with van der Waals surface area (Å²) in [5, 5.41) is 12.7. The van der Waals surface area contributed by atoms with E-state index in [-0.39, 0.29) is 12.1 Å². The van der Waals surface area contributed by atoms with Crippen LogP contribution in [0.15, 0.2) is 48.5 Å². The second kappa shape index (κ2) is 8.83. The highest BCUT2D eigenvalue weighted by Gasteiger charge is 2.31. The Labute approximate surface area is 178 Å². The summed E-state index contributed by atoms with van der Waals surface area (Å²) < 4.78 is 7.51. The highest BCUT2D eigenvalue weighted by molar-refractivity contribution is 5.58. The molecule has 1 aliphatic heterocycles. The van der Waals surface area contributed by atoms with Crippen LogP contribution in [0.25, 0.3) is 0 Å². The molecule has 1 aromatic heterocycles. The number of aryl methyl sites for hydroxylation is 1. The molecule has 0 amide bonds. The maximum absolute atomic E-state index is 5.57. The van der Waals surface area contributed by atoms with Crippen molar-refractivity contribution in [3.05, 3.63) is 65.5 Å². The first-order valence-electron chi connectivity index (χ1n) is 10.5. The van der Waals surface area contributed by atoms with Gasteiger partial charge in [-0.05, 0) is 48.9 Å². The molecule has 1 saturated heterocycles. The normalized spacial score (nSPS) is 16.1. The van der Waals surface area contributed by atoms with Gasteiger partial charge in [-0.15, -0.1) is 5.10 Å². The lowest BCUT2D eigenvalue weighted by Gasteiger charge is -2.40. The summed E-state index contributed by atoms with van der Waals surface area (Å²) >= 11 is 0. The Morgan fingerprint density at radius 1 is 0.933 bits per heavy atom. The number of methoxy groups -OCH3 is 1. The second-order valence-electron chi connectivity index (χ2n) is 8.08. The molecule has 0 aliphatic carbocycles. The smallest absolute Gasteiger partial charge is 0.173 e. The van der Waals surface area contributed by atoms with Gasteiger partial charge in [0.1, 0.15) is 5.75 Å². The first-order valence-corrected chi connectivity index (χ1v) is 10.5. The topological polar surface area (TPSA) is 59.3 Å². The average molecular weight is 407 g/mol. The van der Waals surface area contributed by atoms with E-state index in [1.54, 1.807) is 7.11 Å². The zero-order valence-corrected chi connectivity index (χ0v) is 18.2. The molecule has 7 heteroatoms. The number of nitrogens with zero attached hydrogens (tertiary/aromatic N) is 6. The highest BCUT2D eigenvalue weighted by Crippen LogP contribution is 2.32. The third-order valence-electron chi connectivity index (χ3n) is 5.75. The van der Waals surface area contributed by atoms with Crippen molar-refractivity contribution in [1.29, 1.82) is 0 Å². The van der Waals surface area contributed by atoms with Crippen molar-refractivity contribution in [2.24, 2.45) is 0 Å². The van der Waals surface area contributed by atoms with Crippen LogP contribution in [0.4, 0.5) is 5.69 Å². The summed E-state index contributed by atoms with van der Waals surface area (Å²) in [7, 11) is 1.73. The minimum atomic E-state index is 0.0304. The van der Waals surface area contributed by atoms with Gasteiger partial charge in [-0.2, -0.15) is 0 Å². The Morgan fingerprint density at radius 3 is 2.30 bits per heavy atom. The Morgan fingerprint density at radius 2 is 1.63 bits per heavy atom. The van der Waals surface area contributed by atoms with Gasteiger partial charge in [0.2, 0.25) is 0 Å². The third-order valence-corrected chi connectivity index (χ3v) is 5.75. The maximum atomic E-state index is 5.57. The van der Waals surface area contributed by atoms with Crippen LogP contribution in [0.1, 0.15) is 42.9 Å². The maximum Gasteiger partial charge on any atom is 0.173 e. The summed E-state index contributed by atoms with van der Waals surface area (Å²) in [5.74, 6) is 1.82. The van der Waals surface area contributed by atoms with Gasteiger partial charge >= 0.3 is 0 Å². The first kappa shape index (κ1) is 20.3. The van der Waals surface area contributed by atoms with E-state index in [1.165, 1.54) is 11.1 Å². The number of hydrogen-bond donors (Lipinski definition) is 0. The quantitative estimate of drug-likeness (QED) is 0.625. The van der Waals surface area contributed by atoms with E-state index in [1.807, 2.05) is 16.8 Å². The van der Waals surface area contributed by atoms with Gasteiger partial charge in [0.15, 0.2) is 5.82 Å². The van der Waals surface area contributed by atoms with Crippen molar-refractivity contribution < 1.29 is 4.74 Å². The van der Waals surface area contributed by atoms with Crippen molar-refractivity contribution in [3.8, 4) is 5.75 Å². The molecule has 0 saturated carbocycles. The molecular formula is C23H30N6O. The summed E-state index contributed by atoms with van der Waals surface area (Å²) in [6.45, 7) is 10.0. The van der Waals surface area contributed by atoms with Gasteiger partial charge in [-0.3, -0.25) is 4.90 Å². The van der Waals surface area contributed by atoms with E-state index in [0.29, 0.717) is 0 Å². The summed E-state index contributed by atoms with van der Waals surface area (Å²) in [4.78, 5) is 4.88. The Balaban J connectivity index is 1.61. The number of anilines is 1. The van der Waals surface area contributed by atoms with E-state index in [2.05, 4.69) is 82.5 Å². The molecule has 0 bridgehead atoms. The number of ether oxygens (including phenoxy) is 1. The van der Waals surface area contributed by atoms with Crippen LogP contribution < -0.4 is 9.64 Å². The van der Waals surface area contributed by atoms with E-state index < -0.39 is 0 Å². The van der Waals surface area contributed by atoms with Gasteiger partial charge in [0.05, 0.1) is 24.9 Å². The predicted molar refractivity (Wildman–Crippen MR) is 118 cm³/mol. The number of piperazine rings is 1. The van der Waals surface area contributed by atoms with Crippen molar-refractivity contribution in [1.82, 2.24) is 25.1 Å². The van der Waals surface area contributed by atoms with Gasteiger partial charge < -0.3 is 9.64 Å². The summed E-state index contributed by atoms with van der Waals surface area (Å²) in [5.41, 5.74) is 3.63. The Bertz CT molecular complexity index is 960. The van der Waals surface area contributed by atoms with E-state index in [0.717, 1.165) is 43.4 Å².